The summed E-state index contributed by atoms with van der Waals surface area (Å²) in [4.78, 5) is 2.85. The second kappa shape index (κ2) is 7.99. The van der Waals surface area contributed by atoms with E-state index in [1.54, 1.807) is 19.2 Å². The van der Waals surface area contributed by atoms with Crippen LogP contribution in [0.3, 0.4) is 0 Å². The number of aryl methyl sites for hydroxylation is 1. The monoisotopic (exact) mass is 453 g/mol. The Morgan fingerprint density at radius 3 is 2.50 bits per heavy atom. The number of benzene rings is 2. The molecule has 5 rings (SSSR count). The van der Waals surface area contributed by atoms with Crippen LogP contribution in [0.1, 0.15) is 24.0 Å². The fourth-order valence-electron chi connectivity index (χ4n) is 6.18. The SMILES string of the molecule is CNS(=O)(=O)c1cccc(C2(OC)C3CCC2CN(Cc2cn(C)c4ccccc24)C3)c1. The van der Waals surface area contributed by atoms with E-state index in [2.05, 4.69) is 51.7 Å². The van der Waals surface area contributed by atoms with Crippen LogP contribution in [0, 0.1) is 11.8 Å². The van der Waals surface area contributed by atoms with Crippen LogP contribution >= 0.6 is 0 Å². The van der Waals surface area contributed by atoms with Crippen molar-refractivity contribution >= 4 is 20.9 Å². The molecule has 6 nitrogen and oxygen atoms in total. The molecule has 0 amide bonds. The quantitative estimate of drug-likeness (QED) is 0.621. The van der Waals surface area contributed by atoms with Gasteiger partial charge in [-0.05, 0) is 49.2 Å². The van der Waals surface area contributed by atoms with Crippen LogP contribution in [0.15, 0.2) is 59.6 Å². The number of nitrogens with one attached hydrogen (secondary N) is 1. The van der Waals surface area contributed by atoms with Crippen molar-refractivity contribution in [2.75, 3.05) is 27.2 Å². The summed E-state index contributed by atoms with van der Waals surface area (Å²) in [7, 11) is 1.84. The molecule has 3 aromatic rings. The average Bonchev–Trinajstić information content (AvgIpc) is 3.22. The van der Waals surface area contributed by atoms with Gasteiger partial charge in [-0.25, -0.2) is 13.1 Å². The Labute approximate surface area is 190 Å². The largest absolute Gasteiger partial charge is 0.373 e. The Morgan fingerprint density at radius 2 is 1.81 bits per heavy atom. The van der Waals surface area contributed by atoms with Crippen molar-refractivity contribution in [1.29, 1.82) is 0 Å². The van der Waals surface area contributed by atoms with Gasteiger partial charge in [-0.15, -0.1) is 0 Å². The van der Waals surface area contributed by atoms with Crippen molar-refractivity contribution < 1.29 is 13.2 Å². The second-order valence-electron chi connectivity index (χ2n) is 9.18. The Balaban J connectivity index is 1.45. The number of rotatable bonds is 6. The highest BCUT2D eigenvalue weighted by Crippen LogP contribution is 2.54. The van der Waals surface area contributed by atoms with Gasteiger partial charge in [0.05, 0.1) is 4.90 Å². The summed E-state index contributed by atoms with van der Waals surface area (Å²) in [5.41, 5.74) is 3.16. The molecule has 1 aromatic heterocycles. The van der Waals surface area contributed by atoms with Gasteiger partial charge in [-0.2, -0.15) is 0 Å². The number of likely N-dealkylation sites (tertiary alicyclic amines) is 1. The van der Waals surface area contributed by atoms with Gasteiger partial charge in [0, 0.05) is 62.7 Å². The molecule has 0 spiro atoms. The minimum atomic E-state index is -3.50. The first-order valence-electron chi connectivity index (χ1n) is 11.2. The molecule has 1 saturated heterocycles. The van der Waals surface area contributed by atoms with Crippen LogP contribution in [0.4, 0.5) is 0 Å². The summed E-state index contributed by atoms with van der Waals surface area (Å²) in [5.74, 6) is 0.655. The highest BCUT2D eigenvalue weighted by molar-refractivity contribution is 7.89. The minimum absolute atomic E-state index is 0.298. The van der Waals surface area contributed by atoms with Gasteiger partial charge in [0.2, 0.25) is 10.0 Å². The zero-order valence-corrected chi connectivity index (χ0v) is 19.7. The van der Waals surface area contributed by atoms with Gasteiger partial charge >= 0.3 is 0 Å². The lowest BCUT2D eigenvalue weighted by Gasteiger charge is -2.47. The Hall–Kier alpha value is -2.19. The van der Waals surface area contributed by atoms with E-state index in [1.165, 1.54) is 23.5 Å². The van der Waals surface area contributed by atoms with E-state index in [1.807, 2.05) is 12.1 Å². The first-order valence-corrected chi connectivity index (χ1v) is 12.7. The standard InChI is InChI=1S/C25H31N3O3S/c1-26-32(29,30)22-8-6-7-19(13-22)25(31-3)20-11-12-21(25)17-28(16-20)15-18-14-27(2)24-10-5-4-9-23(18)24/h4-10,13-14,20-21,26H,11-12,15-17H2,1-3H3. The van der Waals surface area contributed by atoms with Crippen molar-refractivity contribution in [1.82, 2.24) is 14.2 Å². The molecule has 0 radical (unpaired) electrons. The van der Waals surface area contributed by atoms with E-state index < -0.39 is 15.6 Å². The van der Waals surface area contributed by atoms with E-state index in [4.69, 9.17) is 4.74 Å². The van der Waals surface area contributed by atoms with Gasteiger partial charge in [0.1, 0.15) is 5.60 Å². The third kappa shape index (κ3) is 3.30. The summed E-state index contributed by atoms with van der Waals surface area (Å²) in [6.45, 7) is 2.80. The first kappa shape index (κ1) is 21.6. The second-order valence-corrected chi connectivity index (χ2v) is 11.1. The third-order valence-corrected chi connectivity index (χ3v) is 9.02. The number of hydrogen-bond acceptors (Lipinski definition) is 4. The molecule has 2 aliphatic rings. The summed E-state index contributed by atoms with van der Waals surface area (Å²) >= 11 is 0. The number of hydrogen-bond donors (Lipinski definition) is 1. The molecule has 1 saturated carbocycles. The first-order chi connectivity index (χ1) is 15.4. The molecular weight excluding hydrogens is 422 g/mol. The number of ether oxygens (including phenoxy) is 1. The van der Waals surface area contributed by atoms with Crippen molar-refractivity contribution in [2.45, 2.75) is 29.9 Å². The highest BCUT2D eigenvalue weighted by atomic mass is 32.2. The number of methoxy groups -OCH3 is 1. The number of sulfonamides is 1. The molecule has 170 valence electrons. The van der Waals surface area contributed by atoms with E-state index in [-0.39, 0.29) is 0 Å². The van der Waals surface area contributed by atoms with Crippen molar-refractivity contribution in [2.24, 2.45) is 18.9 Å². The highest BCUT2D eigenvalue weighted by Gasteiger charge is 2.55. The van der Waals surface area contributed by atoms with Crippen molar-refractivity contribution in [3.63, 3.8) is 0 Å². The number of piperidine rings is 1. The Bertz CT molecular complexity index is 1240. The molecule has 2 bridgehead atoms. The fourth-order valence-corrected chi connectivity index (χ4v) is 6.96. The third-order valence-electron chi connectivity index (χ3n) is 7.61. The van der Waals surface area contributed by atoms with Crippen LogP contribution in [0.5, 0.6) is 0 Å². The smallest absolute Gasteiger partial charge is 0.240 e. The summed E-state index contributed by atoms with van der Waals surface area (Å²) < 4.78 is 35.7. The van der Waals surface area contributed by atoms with Crippen molar-refractivity contribution in [3.8, 4) is 0 Å². The van der Waals surface area contributed by atoms with Crippen LogP contribution < -0.4 is 4.72 Å². The number of para-hydroxylation sites is 1. The molecule has 2 unspecified atom stereocenters. The maximum absolute atomic E-state index is 12.4. The summed E-state index contributed by atoms with van der Waals surface area (Å²) in [5, 5.41) is 1.32. The predicted molar refractivity (Wildman–Crippen MR) is 126 cm³/mol. The average molecular weight is 454 g/mol. The molecular formula is C25H31N3O3S. The van der Waals surface area contributed by atoms with Crippen LogP contribution in [0.25, 0.3) is 10.9 Å². The molecule has 2 heterocycles. The maximum atomic E-state index is 12.4. The van der Waals surface area contributed by atoms with Gasteiger partial charge < -0.3 is 9.30 Å². The Morgan fingerprint density at radius 1 is 1.09 bits per heavy atom. The Kier molecular flexibility index (Phi) is 5.40. The molecule has 2 atom stereocenters. The van der Waals surface area contributed by atoms with Crippen molar-refractivity contribution in [3.05, 3.63) is 65.9 Å². The van der Waals surface area contributed by atoms with Crippen LogP contribution in [0.2, 0.25) is 0 Å². The zero-order valence-electron chi connectivity index (χ0n) is 18.9. The number of fused-ring (bicyclic) bond motifs is 3. The fraction of sp³-hybridized carbons (Fsp3) is 0.440. The van der Waals surface area contributed by atoms with E-state index in [0.717, 1.165) is 38.0 Å². The van der Waals surface area contributed by atoms with Gasteiger partial charge in [-0.1, -0.05) is 30.3 Å². The van der Waals surface area contributed by atoms with E-state index >= 15 is 0 Å². The maximum Gasteiger partial charge on any atom is 0.240 e. The van der Waals surface area contributed by atoms with Gasteiger partial charge in [0.15, 0.2) is 0 Å². The zero-order chi connectivity index (χ0) is 22.5. The predicted octanol–water partition coefficient (Wildman–Crippen LogP) is 3.47. The van der Waals surface area contributed by atoms with E-state index in [9.17, 15) is 8.42 Å². The van der Waals surface area contributed by atoms with Gasteiger partial charge in [-0.3, -0.25) is 4.90 Å². The molecule has 1 aliphatic carbocycles. The number of aromatic nitrogens is 1. The lowest BCUT2D eigenvalue weighted by atomic mass is 9.75. The number of nitrogens with zero attached hydrogens (tertiary/aromatic N) is 2. The lowest BCUT2D eigenvalue weighted by molar-refractivity contribution is -0.120. The molecule has 2 aromatic carbocycles. The molecule has 7 heteroatoms. The lowest BCUT2D eigenvalue weighted by Crippen LogP contribution is -2.52. The topological polar surface area (TPSA) is 63.6 Å². The molecule has 2 fully saturated rings. The minimum Gasteiger partial charge on any atom is -0.373 e. The van der Waals surface area contributed by atoms with E-state index in [0.29, 0.717) is 16.7 Å². The molecule has 1 N–H and O–H groups in total. The molecule has 1 aliphatic heterocycles. The van der Waals surface area contributed by atoms with Gasteiger partial charge in [0.25, 0.3) is 0 Å². The molecule has 32 heavy (non-hydrogen) atoms. The summed E-state index contributed by atoms with van der Waals surface area (Å²) in [6, 6.07) is 15.9. The summed E-state index contributed by atoms with van der Waals surface area (Å²) in [6.07, 6.45) is 4.43. The van der Waals surface area contributed by atoms with Crippen LogP contribution in [-0.2, 0) is 34.0 Å². The normalized spacial score (nSPS) is 26.1. The van der Waals surface area contributed by atoms with Crippen LogP contribution in [-0.4, -0.2) is 45.1 Å².